The highest BCUT2D eigenvalue weighted by atomic mass is 35.5. The molecule has 0 spiro atoms. The van der Waals surface area contributed by atoms with Gasteiger partial charge in [-0.1, -0.05) is 35.3 Å². The number of hydrogen-bond acceptors (Lipinski definition) is 4. The zero-order valence-corrected chi connectivity index (χ0v) is 15.0. The summed E-state index contributed by atoms with van der Waals surface area (Å²) < 4.78 is 0. The van der Waals surface area contributed by atoms with Gasteiger partial charge in [0.05, 0.1) is 22.2 Å². The zero-order chi connectivity index (χ0) is 17.9. The molecule has 124 valence electrons. The summed E-state index contributed by atoms with van der Waals surface area (Å²) in [4.78, 5) is 16.5. The molecule has 2 aromatic rings. The molecule has 0 aliphatic heterocycles. The Morgan fingerprint density at radius 2 is 2.00 bits per heavy atom. The van der Waals surface area contributed by atoms with Gasteiger partial charge in [-0.2, -0.15) is 5.26 Å². The number of carbonyl (C=O) groups is 1. The number of pyridine rings is 1. The first kappa shape index (κ1) is 18.1. The predicted octanol–water partition coefficient (Wildman–Crippen LogP) is 4.48. The number of hydrogen-bond donors (Lipinski definition) is 2. The third kappa shape index (κ3) is 3.78. The Balaban J connectivity index is 2.30. The second kappa shape index (κ2) is 7.08. The van der Waals surface area contributed by atoms with Crippen molar-refractivity contribution in [2.45, 2.75) is 19.3 Å². The smallest absolute Gasteiger partial charge is 0.255 e. The Morgan fingerprint density at radius 3 is 2.62 bits per heavy atom. The molecule has 0 bridgehead atoms. The Labute approximate surface area is 150 Å². The lowest BCUT2D eigenvalue weighted by Crippen LogP contribution is -2.17. The molecule has 7 heteroatoms. The van der Waals surface area contributed by atoms with Gasteiger partial charge in [0.1, 0.15) is 5.82 Å². The molecule has 1 aromatic carbocycles. The monoisotopic (exact) mass is 362 g/mol. The van der Waals surface area contributed by atoms with Gasteiger partial charge >= 0.3 is 0 Å². The highest BCUT2D eigenvalue weighted by Crippen LogP contribution is 2.29. The van der Waals surface area contributed by atoms with Gasteiger partial charge in [0, 0.05) is 12.6 Å². The fourth-order valence-corrected chi connectivity index (χ4v) is 2.47. The summed E-state index contributed by atoms with van der Waals surface area (Å²) in [6.45, 7) is 3.59. The van der Waals surface area contributed by atoms with Crippen molar-refractivity contribution in [3.63, 3.8) is 0 Å². The number of nitriles is 1. The maximum atomic E-state index is 12.5. The average Bonchev–Trinajstić information content (AvgIpc) is 2.57. The number of nitrogens with one attached hydrogen (secondary N) is 2. The van der Waals surface area contributed by atoms with E-state index in [2.05, 4.69) is 21.7 Å². The van der Waals surface area contributed by atoms with E-state index in [1.165, 1.54) is 6.07 Å². The topological polar surface area (TPSA) is 77.8 Å². The summed E-state index contributed by atoms with van der Waals surface area (Å²) in [5.74, 6) is 0.0694. The van der Waals surface area contributed by atoms with E-state index in [9.17, 15) is 10.1 Å². The fourth-order valence-electron chi connectivity index (χ4n) is 2.04. The summed E-state index contributed by atoms with van der Waals surface area (Å²) in [5.41, 5.74) is 0.800. The van der Waals surface area contributed by atoms with Crippen molar-refractivity contribution >= 4 is 40.6 Å². The third-order valence-corrected chi connectivity index (χ3v) is 4.12. The van der Waals surface area contributed by atoms with E-state index >= 15 is 0 Å². The van der Waals surface area contributed by atoms with Crippen LogP contribution in [0.3, 0.4) is 0 Å². The van der Waals surface area contributed by atoms with Crippen molar-refractivity contribution in [3.8, 4) is 6.07 Å². The number of aromatic nitrogens is 1. The highest BCUT2D eigenvalue weighted by Gasteiger charge is 2.21. The first-order chi connectivity index (χ1) is 11.3. The molecule has 0 fully saturated rings. The molecular formula is C17H16Cl2N4O. The molecule has 2 rings (SSSR count). The lowest BCUT2D eigenvalue weighted by Gasteiger charge is -2.16. The molecule has 5 nitrogen and oxygen atoms in total. The minimum absolute atomic E-state index is 0.130. The summed E-state index contributed by atoms with van der Waals surface area (Å²) in [5, 5.41) is 15.2. The molecule has 0 radical (unpaired) electrons. The summed E-state index contributed by atoms with van der Waals surface area (Å²) >= 11 is 12.1. The molecular weight excluding hydrogens is 347 g/mol. The average molecular weight is 363 g/mol. The first-order valence-electron chi connectivity index (χ1n) is 7.15. The van der Waals surface area contributed by atoms with Gasteiger partial charge in [-0.05, 0) is 37.6 Å². The molecule has 24 heavy (non-hydrogen) atoms. The van der Waals surface area contributed by atoms with Crippen LogP contribution >= 0.6 is 23.2 Å². The van der Waals surface area contributed by atoms with Crippen molar-refractivity contribution in [2.75, 3.05) is 17.7 Å². The standard InChI is InChI=1S/C17H16Cl2N4O/c1-17(2,9-20)11-6-4-5-10(7-11)16(24)22-13-8-12(18)15(21-3)23-14(13)19/h4-8H,1-3H3,(H,21,23)(H,22,24). The number of nitrogens with zero attached hydrogens (tertiary/aromatic N) is 2. The molecule has 0 aliphatic carbocycles. The summed E-state index contributed by atoms with van der Waals surface area (Å²) in [6, 6.07) is 10.6. The molecule has 0 aliphatic rings. The van der Waals surface area contributed by atoms with E-state index in [-0.39, 0.29) is 11.1 Å². The molecule has 1 amide bonds. The highest BCUT2D eigenvalue weighted by molar-refractivity contribution is 6.36. The van der Waals surface area contributed by atoms with Crippen LogP contribution in [0.2, 0.25) is 10.2 Å². The zero-order valence-electron chi connectivity index (χ0n) is 13.4. The van der Waals surface area contributed by atoms with Crippen molar-refractivity contribution in [2.24, 2.45) is 0 Å². The molecule has 0 unspecified atom stereocenters. The summed E-state index contributed by atoms with van der Waals surface area (Å²) in [7, 11) is 1.67. The SMILES string of the molecule is CNc1nc(Cl)c(NC(=O)c2cccc(C(C)(C)C#N)c2)cc1Cl. The van der Waals surface area contributed by atoms with Gasteiger partial charge in [0.25, 0.3) is 5.91 Å². The van der Waals surface area contributed by atoms with Crippen molar-refractivity contribution in [1.29, 1.82) is 5.26 Å². The lowest BCUT2D eigenvalue weighted by molar-refractivity contribution is 0.102. The van der Waals surface area contributed by atoms with E-state index < -0.39 is 5.41 Å². The predicted molar refractivity (Wildman–Crippen MR) is 96.8 cm³/mol. The number of amides is 1. The Hall–Kier alpha value is -2.29. The van der Waals surface area contributed by atoms with Crippen LogP contribution in [0.5, 0.6) is 0 Å². The van der Waals surface area contributed by atoms with Crippen LogP contribution in [0.1, 0.15) is 29.8 Å². The Bertz CT molecular complexity index is 828. The first-order valence-corrected chi connectivity index (χ1v) is 7.91. The molecule has 0 saturated carbocycles. The molecule has 0 atom stereocenters. The molecule has 2 N–H and O–H groups in total. The van der Waals surface area contributed by atoms with Crippen LogP contribution in [0.25, 0.3) is 0 Å². The second-order valence-electron chi connectivity index (χ2n) is 5.68. The number of benzene rings is 1. The molecule has 1 heterocycles. The summed E-state index contributed by atoms with van der Waals surface area (Å²) in [6.07, 6.45) is 0. The van der Waals surface area contributed by atoms with Crippen LogP contribution in [0, 0.1) is 11.3 Å². The maximum absolute atomic E-state index is 12.5. The fraction of sp³-hybridized carbons (Fsp3) is 0.235. The number of anilines is 2. The molecule has 0 saturated heterocycles. The van der Waals surface area contributed by atoms with Crippen LogP contribution in [-0.2, 0) is 5.41 Å². The number of carbonyl (C=O) groups excluding carboxylic acids is 1. The molecule has 1 aromatic heterocycles. The normalized spacial score (nSPS) is 10.8. The number of rotatable bonds is 4. The van der Waals surface area contributed by atoms with Gasteiger partial charge in [0.15, 0.2) is 5.15 Å². The van der Waals surface area contributed by atoms with Gasteiger partial charge in [-0.15, -0.1) is 0 Å². The van der Waals surface area contributed by atoms with Crippen molar-refractivity contribution in [3.05, 3.63) is 51.6 Å². The van der Waals surface area contributed by atoms with Crippen molar-refractivity contribution < 1.29 is 4.79 Å². The van der Waals surface area contributed by atoms with E-state index in [4.69, 9.17) is 23.2 Å². The quantitative estimate of drug-likeness (QED) is 0.785. The van der Waals surface area contributed by atoms with Gasteiger partial charge in [-0.3, -0.25) is 4.79 Å². The van der Waals surface area contributed by atoms with Gasteiger partial charge in [0.2, 0.25) is 0 Å². The minimum atomic E-state index is -0.687. The number of halogens is 2. The lowest BCUT2D eigenvalue weighted by atomic mass is 9.85. The largest absolute Gasteiger partial charge is 0.372 e. The van der Waals surface area contributed by atoms with Crippen LogP contribution < -0.4 is 10.6 Å². The van der Waals surface area contributed by atoms with Gasteiger partial charge in [-0.25, -0.2) is 4.98 Å². The van der Waals surface area contributed by atoms with E-state index in [0.717, 1.165) is 5.56 Å². The second-order valence-corrected chi connectivity index (χ2v) is 6.44. The van der Waals surface area contributed by atoms with E-state index in [1.54, 1.807) is 39.1 Å². The Morgan fingerprint density at radius 1 is 1.29 bits per heavy atom. The van der Waals surface area contributed by atoms with Crippen LogP contribution in [0.15, 0.2) is 30.3 Å². The minimum Gasteiger partial charge on any atom is -0.372 e. The van der Waals surface area contributed by atoms with Gasteiger partial charge < -0.3 is 10.6 Å². The maximum Gasteiger partial charge on any atom is 0.255 e. The third-order valence-electron chi connectivity index (χ3n) is 3.54. The van der Waals surface area contributed by atoms with Crippen LogP contribution in [-0.4, -0.2) is 17.9 Å². The van der Waals surface area contributed by atoms with Crippen molar-refractivity contribution in [1.82, 2.24) is 4.98 Å². The van der Waals surface area contributed by atoms with E-state index in [1.807, 2.05) is 6.07 Å². The van der Waals surface area contributed by atoms with Crippen LogP contribution in [0.4, 0.5) is 11.5 Å². The Kier molecular flexibility index (Phi) is 5.33. The van der Waals surface area contributed by atoms with E-state index in [0.29, 0.717) is 22.1 Å².